The number of para-hydroxylation sites is 2. The lowest BCUT2D eigenvalue weighted by Gasteiger charge is -2.23. The lowest BCUT2D eigenvalue weighted by atomic mass is 10.0. The molecule has 1 N–H and O–H groups in total. The number of furan rings is 2. The number of hydrogen-bond donors (Lipinski definition) is 1. The van der Waals surface area contributed by atoms with Crippen LogP contribution in [0.4, 0.5) is 0 Å². The summed E-state index contributed by atoms with van der Waals surface area (Å²) in [6.07, 6.45) is -0.275. The number of benzene rings is 8. The monoisotopic (exact) mass is 732 g/mol. The minimum atomic E-state index is -0.275. The van der Waals surface area contributed by atoms with E-state index in [4.69, 9.17) is 18.8 Å². The van der Waals surface area contributed by atoms with Gasteiger partial charge in [-0.3, -0.25) is 0 Å². The fourth-order valence-electron chi connectivity index (χ4n) is 8.58. The van der Waals surface area contributed by atoms with Crippen LogP contribution in [0, 0.1) is 0 Å². The van der Waals surface area contributed by atoms with E-state index in [0.29, 0.717) is 5.84 Å². The second-order valence-electron chi connectivity index (χ2n) is 14.6. The van der Waals surface area contributed by atoms with E-state index < -0.39 is 0 Å². The quantitative estimate of drug-likeness (QED) is 0.192. The Bertz CT molecular complexity index is 3390. The molecule has 0 amide bonds. The van der Waals surface area contributed by atoms with Crippen molar-refractivity contribution in [1.29, 1.82) is 0 Å². The van der Waals surface area contributed by atoms with Crippen LogP contribution < -0.4 is 5.32 Å². The van der Waals surface area contributed by atoms with Gasteiger partial charge in [0.1, 0.15) is 34.3 Å². The van der Waals surface area contributed by atoms with E-state index in [1.54, 1.807) is 0 Å². The van der Waals surface area contributed by atoms with Gasteiger partial charge in [-0.05, 0) is 83.4 Å². The van der Waals surface area contributed by atoms with Crippen LogP contribution in [-0.2, 0) is 0 Å². The highest BCUT2D eigenvalue weighted by Crippen LogP contribution is 2.40. The maximum absolute atomic E-state index is 6.62. The van der Waals surface area contributed by atoms with Gasteiger partial charge in [-0.25, -0.2) is 9.98 Å². The standard InChI is InChI=1S/C51H32N4O2/c1-3-12-31(13-4-1)49-52-50(32-14-5-2-6-15-32)54-51(53-49)35-24-27-45-40(29-35)39-28-33(23-26-44(39)56-45)34-22-25-38-47(30-34)57-46-21-11-20-43(48(38)46)55-41-18-9-7-16-36(41)37-17-8-10-19-42(37)55/h1-30,49H,(H,52,53,54). The summed E-state index contributed by atoms with van der Waals surface area (Å²) in [6, 6.07) is 63.3. The SMILES string of the molecule is c1ccc(C2=NC(c3ccccc3)NC(c3ccc4oc5ccc(-c6ccc7c(c6)oc6cccc(-n8c9ccccc9c9ccccc98)c67)cc5c4c3)=N2)cc1. The van der Waals surface area contributed by atoms with Crippen molar-refractivity contribution < 1.29 is 8.83 Å². The topological polar surface area (TPSA) is 68.0 Å². The number of nitrogens with zero attached hydrogens (tertiary/aromatic N) is 3. The Hall–Kier alpha value is -7.70. The number of hydrogen-bond acceptors (Lipinski definition) is 5. The van der Waals surface area contributed by atoms with Crippen molar-refractivity contribution in [2.45, 2.75) is 6.17 Å². The van der Waals surface area contributed by atoms with Gasteiger partial charge in [-0.1, -0.05) is 115 Å². The van der Waals surface area contributed by atoms with E-state index in [2.05, 4.69) is 149 Å². The summed E-state index contributed by atoms with van der Waals surface area (Å²) in [7, 11) is 0. The molecule has 0 saturated carbocycles. The molecule has 1 unspecified atom stereocenters. The minimum absolute atomic E-state index is 0.275. The lowest BCUT2D eigenvalue weighted by Crippen LogP contribution is -2.33. The maximum atomic E-state index is 6.62. The molecule has 1 atom stereocenters. The largest absolute Gasteiger partial charge is 0.456 e. The molecule has 6 heteroatoms. The summed E-state index contributed by atoms with van der Waals surface area (Å²) in [5.41, 5.74) is 12.0. The van der Waals surface area contributed by atoms with Crippen LogP contribution in [0.1, 0.15) is 22.9 Å². The van der Waals surface area contributed by atoms with Gasteiger partial charge in [-0.2, -0.15) is 0 Å². The second kappa shape index (κ2) is 12.4. The normalized spacial score (nSPS) is 14.5. The molecule has 6 nitrogen and oxygen atoms in total. The number of amidine groups is 2. The molecule has 4 heterocycles. The zero-order valence-corrected chi connectivity index (χ0v) is 30.6. The number of aromatic nitrogens is 1. The molecule has 0 saturated heterocycles. The summed E-state index contributed by atoms with van der Waals surface area (Å²) < 4.78 is 15.4. The van der Waals surface area contributed by atoms with Crippen molar-refractivity contribution >= 4 is 77.4 Å². The first kappa shape index (κ1) is 31.6. The van der Waals surface area contributed by atoms with E-state index in [9.17, 15) is 0 Å². The van der Waals surface area contributed by atoms with Crippen LogP contribution in [0.3, 0.4) is 0 Å². The number of aliphatic imine (C=N–C) groups is 2. The van der Waals surface area contributed by atoms with Crippen LogP contribution in [-0.4, -0.2) is 16.2 Å². The molecule has 1 aliphatic heterocycles. The van der Waals surface area contributed by atoms with Crippen LogP contribution in [0.2, 0.25) is 0 Å². The molecule has 12 rings (SSSR count). The predicted molar refractivity (Wildman–Crippen MR) is 233 cm³/mol. The summed E-state index contributed by atoms with van der Waals surface area (Å²) in [5, 5.41) is 10.3. The fraction of sp³-hybridized carbons (Fsp3) is 0.0196. The third-order valence-corrected chi connectivity index (χ3v) is 11.3. The van der Waals surface area contributed by atoms with Crippen LogP contribution in [0.15, 0.2) is 201 Å². The Morgan fingerprint density at radius 2 is 1.05 bits per heavy atom. The lowest BCUT2D eigenvalue weighted by molar-refractivity contribution is 0.668. The third kappa shape index (κ3) is 5.04. The van der Waals surface area contributed by atoms with Gasteiger partial charge in [0.25, 0.3) is 0 Å². The van der Waals surface area contributed by atoms with Crippen molar-refractivity contribution in [3.63, 3.8) is 0 Å². The van der Waals surface area contributed by atoms with E-state index in [1.807, 2.05) is 42.5 Å². The zero-order chi connectivity index (χ0) is 37.5. The van der Waals surface area contributed by atoms with E-state index in [0.717, 1.165) is 83.2 Å². The highest BCUT2D eigenvalue weighted by atomic mass is 16.3. The first-order valence-corrected chi connectivity index (χ1v) is 19.2. The molecule has 1 aliphatic rings. The summed E-state index contributed by atoms with van der Waals surface area (Å²) in [6.45, 7) is 0. The van der Waals surface area contributed by atoms with E-state index >= 15 is 0 Å². The number of nitrogens with one attached hydrogen (secondary N) is 1. The Kier molecular flexibility index (Phi) is 6.89. The molecule has 8 aromatic carbocycles. The van der Waals surface area contributed by atoms with Gasteiger partial charge < -0.3 is 18.7 Å². The van der Waals surface area contributed by atoms with Crippen molar-refractivity contribution in [2.24, 2.45) is 9.98 Å². The molecule has 0 fully saturated rings. The van der Waals surface area contributed by atoms with Crippen molar-refractivity contribution in [1.82, 2.24) is 9.88 Å². The summed E-state index contributed by atoms with van der Waals surface area (Å²) >= 11 is 0. The Labute approximate surface area is 326 Å². The summed E-state index contributed by atoms with van der Waals surface area (Å²) in [4.78, 5) is 10.1. The molecule has 0 aliphatic carbocycles. The van der Waals surface area contributed by atoms with Crippen LogP contribution in [0.25, 0.3) is 82.5 Å². The smallest absolute Gasteiger partial charge is 0.159 e. The van der Waals surface area contributed by atoms with E-state index in [-0.39, 0.29) is 6.17 Å². The maximum Gasteiger partial charge on any atom is 0.159 e. The number of fused-ring (bicyclic) bond motifs is 9. The molecule has 0 bridgehead atoms. The van der Waals surface area contributed by atoms with Gasteiger partial charge in [0, 0.05) is 38.1 Å². The van der Waals surface area contributed by atoms with Gasteiger partial charge in [0.15, 0.2) is 5.84 Å². The van der Waals surface area contributed by atoms with Crippen molar-refractivity contribution in [3.05, 3.63) is 199 Å². The van der Waals surface area contributed by atoms with Gasteiger partial charge in [-0.15, -0.1) is 0 Å². The molecule has 3 aromatic heterocycles. The minimum Gasteiger partial charge on any atom is -0.456 e. The Morgan fingerprint density at radius 1 is 0.439 bits per heavy atom. The Morgan fingerprint density at radius 3 is 1.81 bits per heavy atom. The van der Waals surface area contributed by atoms with Crippen molar-refractivity contribution in [3.8, 4) is 16.8 Å². The fourth-order valence-corrected chi connectivity index (χ4v) is 8.58. The number of rotatable bonds is 5. The highest BCUT2D eigenvalue weighted by molar-refractivity contribution is 6.17. The molecule has 0 radical (unpaired) electrons. The predicted octanol–water partition coefficient (Wildman–Crippen LogP) is 12.7. The molecular formula is C51H32N4O2. The van der Waals surface area contributed by atoms with Crippen LogP contribution in [0.5, 0.6) is 0 Å². The van der Waals surface area contributed by atoms with Crippen LogP contribution >= 0.6 is 0 Å². The third-order valence-electron chi connectivity index (χ3n) is 11.3. The molecular weight excluding hydrogens is 701 g/mol. The Balaban J connectivity index is 0.957. The second-order valence-corrected chi connectivity index (χ2v) is 14.6. The average molecular weight is 733 g/mol. The first-order chi connectivity index (χ1) is 28.2. The zero-order valence-electron chi connectivity index (χ0n) is 30.6. The van der Waals surface area contributed by atoms with Gasteiger partial charge >= 0.3 is 0 Å². The van der Waals surface area contributed by atoms with Gasteiger partial charge in [0.05, 0.1) is 22.1 Å². The average Bonchev–Trinajstić information content (AvgIpc) is 3.95. The highest BCUT2D eigenvalue weighted by Gasteiger charge is 2.22. The molecule has 268 valence electrons. The van der Waals surface area contributed by atoms with Gasteiger partial charge in [0.2, 0.25) is 0 Å². The summed E-state index contributed by atoms with van der Waals surface area (Å²) in [5.74, 6) is 1.46. The molecule has 11 aromatic rings. The molecule has 0 spiro atoms. The van der Waals surface area contributed by atoms with Crippen molar-refractivity contribution in [2.75, 3.05) is 0 Å². The molecule has 57 heavy (non-hydrogen) atoms. The first-order valence-electron chi connectivity index (χ1n) is 19.2. The van der Waals surface area contributed by atoms with E-state index in [1.165, 1.54) is 21.8 Å².